The van der Waals surface area contributed by atoms with Crippen molar-refractivity contribution in [3.05, 3.63) is 41.5 Å². The van der Waals surface area contributed by atoms with Gasteiger partial charge in [0.15, 0.2) is 0 Å². The Morgan fingerprint density at radius 3 is 2.09 bits per heavy atom. The van der Waals surface area contributed by atoms with E-state index >= 15 is 0 Å². The van der Waals surface area contributed by atoms with Crippen molar-refractivity contribution in [3.63, 3.8) is 0 Å². The lowest BCUT2D eigenvalue weighted by Gasteiger charge is -2.40. The van der Waals surface area contributed by atoms with Crippen LogP contribution in [0.15, 0.2) is 35.9 Å². The van der Waals surface area contributed by atoms with E-state index in [0.29, 0.717) is 5.69 Å². The largest absolute Gasteiger partial charge is 0.478 e. The number of nitrogens with two attached hydrogens (primary N) is 1. The number of nitrogens with one attached hydrogen (secondary N) is 2. The van der Waals surface area contributed by atoms with Gasteiger partial charge < -0.3 is 26.4 Å². The van der Waals surface area contributed by atoms with E-state index in [0.717, 1.165) is 5.56 Å². The summed E-state index contributed by atoms with van der Waals surface area (Å²) in [6, 6.07) is 5.52. The highest BCUT2D eigenvalue weighted by atomic mass is 16.4. The second kappa shape index (κ2) is 11.7. The summed E-state index contributed by atoms with van der Waals surface area (Å²) in [7, 11) is 3.36. The summed E-state index contributed by atoms with van der Waals surface area (Å²) in [4.78, 5) is 40.2. The summed E-state index contributed by atoms with van der Waals surface area (Å²) in [5.41, 5.74) is 6.45. The summed E-state index contributed by atoms with van der Waals surface area (Å²) < 4.78 is 0. The van der Waals surface area contributed by atoms with Gasteiger partial charge in [0.1, 0.15) is 6.04 Å². The molecule has 0 unspecified atom stereocenters. The second-order valence-corrected chi connectivity index (χ2v) is 11.2. The third-order valence-electron chi connectivity index (χ3n) is 6.54. The molecule has 0 fully saturated rings. The molecule has 196 valence electrons. The van der Waals surface area contributed by atoms with E-state index in [1.54, 1.807) is 26.2 Å². The van der Waals surface area contributed by atoms with Crippen LogP contribution >= 0.6 is 0 Å². The van der Waals surface area contributed by atoms with Gasteiger partial charge in [-0.3, -0.25) is 9.59 Å². The number of likely N-dealkylation sites (N-methyl/N-ethyl adjacent to an activating group) is 2. The molecular formula is C27H44N4O4. The van der Waals surface area contributed by atoms with E-state index in [2.05, 4.69) is 10.6 Å². The second-order valence-electron chi connectivity index (χ2n) is 11.2. The maximum atomic E-state index is 13.7. The molecule has 1 aromatic carbocycles. The molecule has 1 aromatic rings. The SMILES string of the molecule is CN[C@@H](C(=O)N[C@H](C(=O)N(C)[C@H](/C=C(\C)C(=O)O)C(C)C)C(C)(C)C)C(C)(C)c1cccc(N)c1. The number of carbonyl (C=O) groups excluding carboxylic acids is 2. The number of nitrogen functional groups attached to an aromatic ring is 1. The minimum atomic E-state index is -1.03. The monoisotopic (exact) mass is 488 g/mol. The number of carbonyl (C=O) groups is 3. The quantitative estimate of drug-likeness (QED) is 0.296. The minimum Gasteiger partial charge on any atom is -0.478 e. The lowest BCUT2D eigenvalue weighted by Crippen LogP contribution is -2.61. The zero-order valence-corrected chi connectivity index (χ0v) is 22.9. The lowest BCUT2D eigenvalue weighted by atomic mass is 9.76. The molecule has 8 heteroatoms. The molecule has 0 bridgehead atoms. The van der Waals surface area contributed by atoms with Gasteiger partial charge in [-0.25, -0.2) is 4.79 Å². The first kappa shape index (κ1) is 30.2. The van der Waals surface area contributed by atoms with E-state index in [4.69, 9.17) is 5.73 Å². The van der Waals surface area contributed by atoms with Gasteiger partial charge in [0.05, 0.1) is 12.1 Å². The molecule has 0 aliphatic rings. The van der Waals surface area contributed by atoms with E-state index in [1.807, 2.05) is 66.7 Å². The fourth-order valence-corrected chi connectivity index (χ4v) is 4.23. The van der Waals surface area contributed by atoms with Crippen molar-refractivity contribution in [2.24, 2.45) is 11.3 Å². The number of anilines is 1. The average Bonchev–Trinajstić information content (AvgIpc) is 2.73. The number of hydrogen-bond acceptors (Lipinski definition) is 5. The fraction of sp³-hybridized carbons (Fsp3) is 0.593. The molecule has 0 heterocycles. The van der Waals surface area contributed by atoms with Crippen LogP contribution in [0.3, 0.4) is 0 Å². The Bertz CT molecular complexity index is 947. The third-order valence-corrected chi connectivity index (χ3v) is 6.54. The van der Waals surface area contributed by atoms with Crippen LogP contribution in [-0.4, -0.2) is 60.0 Å². The highest BCUT2D eigenvalue weighted by Gasteiger charge is 2.41. The Morgan fingerprint density at radius 2 is 1.66 bits per heavy atom. The van der Waals surface area contributed by atoms with Crippen molar-refractivity contribution in [1.29, 1.82) is 0 Å². The van der Waals surface area contributed by atoms with Gasteiger partial charge in [0.25, 0.3) is 0 Å². The number of amides is 2. The number of rotatable bonds is 10. The van der Waals surface area contributed by atoms with Crippen molar-refractivity contribution in [1.82, 2.24) is 15.5 Å². The molecule has 1 rings (SSSR count). The van der Waals surface area contributed by atoms with Crippen LogP contribution < -0.4 is 16.4 Å². The number of carboxylic acids is 1. The molecule has 2 amide bonds. The standard InChI is InChI=1S/C27H44N4O4/c1-16(2)20(14-17(3)25(34)35)31(10)24(33)22(26(4,5)6)30-23(32)21(29-9)27(7,8)18-12-11-13-19(28)15-18/h11-16,20-22,29H,28H2,1-10H3,(H,30,32)(H,34,35)/b17-14+/t20-,21+,22-/m1/s1. The number of aliphatic carboxylic acids is 1. The molecule has 0 aliphatic carbocycles. The molecular weight excluding hydrogens is 444 g/mol. The predicted molar refractivity (Wildman–Crippen MR) is 141 cm³/mol. The number of hydrogen-bond donors (Lipinski definition) is 4. The maximum Gasteiger partial charge on any atom is 0.331 e. The van der Waals surface area contributed by atoms with Gasteiger partial charge in [-0.2, -0.15) is 0 Å². The maximum absolute atomic E-state index is 13.7. The minimum absolute atomic E-state index is 0.0258. The summed E-state index contributed by atoms with van der Waals surface area (Å²) >= 11 is 0. The molecule has 0 saturated heterocycles. The lowest BCUT2D eigenvalue weighted by molar-refractivity contribution is -0.141. The van der Waals surface area contributed by atoms with E-state index in [-0.39, 0.29) is 23.3 Å². The molecule has 0 aliphatic heterocycles. The van der Waals surface area contributed by atoms with Crippen LogP contribution in [0.4, 0.5) is 5.69 Å². The van der Waals surface area contributed by atoms with E-state index in [9.17, 15) is 19.5 Å². The van der Waals surface area contributed by atoms with Crippen LogP contribution in [0.1, 0.15) is 61.0 Å². The molecule has 35 heavy (non-hydrogen) atoms. The first-order valence-electron chi connectivity index (χ1n) is 12.0. The van der Waals surface area contributed by atoms with Gasteiger partial charge in [0, 0.05) is 23.7 Å². The third kappa shape index (κ3) is 7.56. The Labute approximate surface area is 210 Å². The van der Waals surface area contributed by atoms with Crippen LogP contribution in [0.2, 0.25) is 0 Å². The van der Waals surface area contributed by atoms with Gasteiger partial charge >= 0.3 is 5.97 Å². The zero-order valence-electron chi connectivity index (χ0n) is 22.9. The average molecular weight is 489 g/mol. The van der Waals surface area contributed by atoms with E-state index in [1.165, 1.54) is 11.8 Å². The van der Waals surface area contributed by atoms with Crippen LogP contribution in [0, 0.1) is 11.3 Å². The summed E-state index contributed by atoms with van der Waals surface area (Å²) in [5, 5.41) is 15.4. The topological polar surface area (TPSA) is 125 Å². The van der Waals surface area contributed by atoms with Crippen molar-refractivity contribution in [2.45, 2.75) is 78.9 Å². The molecule has 3 atom stereocenters. The van der Waals surface area contributed by atoms with E-state index < -0.39 is 34.9 Å². The van der Waals surface area contributed by atoms with Gasteiger partial charge in [-0.1, -0.05) is 66.7 Å². The molecule has 0 radical (unpaired) electrons. The molecule has 0 spiro atoms. The number of carboxylic acid groups (broad SMARTS) is 1. The summed E-state index contributed by atoms with van der Waals surface area (Å²) in [6.45, 7) is 15.0. The first-order valence-corrected chi connectivity index (χ1v) is 12.0. The molecule has 8 nitrogen and oxygen atoms in total. The smallest absolute Gasteiger partial charge is 0.331 e. The highest BCUT2D eigenvalue weighted by molar-refractivity contribution is 5.91. The Kier molecular flexibility index (Phi) is 10.1. The van der Waals surface area contributed by atoms with Crippen molar-refractivity contribution in [2.75, 3.05) is 19.8 Å². The van der Waals surface area contributed by atoms with Crippen molar-refractivity contribution < 1.29 is 19.5 Å². The fourth-order valence-electron chi connectivity index (χ4n) is 4.23. The van der Waals surface area contributed by atoms with Crippen LogP contribution in [-0.2, 0) is 19.8 Å². The first-order chi connectivity index (χ1) is 15.9. The van der Waals surface area contributed by atoms with Gasteiger partial charge in [-0.15, -0.1) is 0 Å². The molecule has 0 saturated carbocycles. The highest BCUT2D eigenvalue weighted by Crippen LogP contribution is 2.30. The number of benzene rings is 1. The molecule has 5 N–H and O–H groups in total. The number of nitrogens with zero attached hydrogens (tertiary/aromatic N) is 1. The van der Waals surface area contributed by atoms with Gasteiger partial charge in [0.2, 0.25) is 11.8 Å². The van der Waals surface area contributed by atoms with Crippen molar-refractivity contribution in [3.8, 4) is 0 Å². The summed E-state index contributed by atoms with van der Waals surface area (Å²) in [6.07, 6.45) is 1.59. The molecule has 0 aromatic heterocycles. The normalized spacial score (nSPS) is 15.3. The van der Waals surface area contributed by atoms with Crippen LogP contribution in [0.5, 0.6) is 0 Å². The Hall–Kier alpha value is -2.87. The van der Waals surface area contributed by atoms with Gasteiger partial charge in [-0.05, 0) is 43.0 Å². The predicted octanol–water partition coefficient (Wildman–Crippen LogP) is 3.18. The van der Waals surface area contributed by atoms with Crippen LogP contribution in [0.25, 0.3) is 0 Å². The van der Waals surface area contributed by atoms with Crippen molar-refractivity contribution >= 4 is 23.5 Å². The Morgan fingerprint density at radius 1 is 1.09 bits per heavy atom. The summed E-state index contributed by atoms with van der Waals surface area (Å²) in [5.74, 6) is -1.64. The Balaban J connectivity index is 3.32. The zero-order chi connectivity index (χ0) is 27.3.